The maximum absolute atomic E-state index is 13.8. The van der Waals surface area contributed by atoms with E-state index in [9.17, 15) is 9.18 Å². The third kappa shape index (κ3) is 5.81. The topological polar surface area (TPSA) is 71.3 Å². The van der Waals surface area contributed by atoms with Crippen LogP contribution in [0.4, 0.5) is 4.39 Å². The van der Waals surface area contributed by atoms with Gasteiger partial charge in [-0.3, -0.25) is 4.79 Å². The molecule has 0 heterocycles. The molecule has 6 heteroatoms. The number of hydrogen-bond acceptors (Lipinski definition) is 4. The number of halogens is 1. The van der Waals surface area contributed by atoms with E-state index in [2.05, 4.69) is 5.32 Å². The van der Waals surface area contributed by atoms with Gasteiger partial charge in [-0.1, -0.05) is 42.5 Å². The zero-order valence-corrected chi connectivity index (χ0v) is 15.5. The summed E-state index contributed by atoms with van der Waals surface area (Å²) in [5.41, 5.74) is 1.34. The van der Waals surface area contributed by atoms with E-state index < -0.39 is 11.9 Å². The number of nitriles is 1. The Morgan fingerprint density at radius 2 is 1.66 bits per heavy atom. The first-order valence-electron chi connectivity index (χ1n) is 9.00. The van der Waals surface area contributed by atoms with Crippen molar-refractivity contribution in [2.75, 3.05) is 13.2 Å². The predicted molar refractivity (Wildman–Crippen MR) is 106 cm³/mol. The molecule has 0 saturated heterocycles. The highest BCUT2D eigenvalue weighted by atomic mass is 19.1. The number of nitrogens with one attached hydrogen (secondary N) is 1. The Balaban J connectivity index is 1.62. The van der Waals surface area contributed by atoms with Crippen molar-refractivity contribution >= 4 is 5.91 Å². The Bertz CT molecular complexity index is 985. The van der Waals surface area contributed by atoms with Crippen molar-refractivity contribution in [3.05, 3.63) is 95.8 Å². The van der Waals surface area contributed by atoms with Gasteiger partial charge in [0.15, 0.2) is 18.2 Å². The quantitative estimate of drug-likeness (QED) is 0.631. The van der Waals surface area contributed by atoms with Gasteiger partial charge in [-0.2, -0.15) is 5.26 Å². The van der Waals surface area contributed by atoms with E-state index in [-0.39, 0.29) is 24.9 Å². The van der Waals surface area contributed by atoms with Crippen molar-refractivity contribution < 1.29 is 18.7 Å². The standard InChI is InChI=1S/C23H19FN2O3/c24-20-8-4-5-9-22(20)29-15-21(18-6-2-1-3-7-18)26-23(27)16-28-19-12-10-17(14-25)11-13-19/h1-13,21H,15-16H2,(H,26,27). The van der Waals surface area contributed by atoms with Crippen LogP contribution in [0.1, 0.15) is 17.2 Å². The molecular weight excluding hydrogens is 371 g/mol. The van der Waals surface area contributed by atoms with E-state index in [1.54, 1.807) is 36.4 Å². The zero-order valence-electron chi connectivity index (χ0n) is 15.5. The first kappa shape index (κ1) is 19.9. The molecule has 0 spiro atoms. The van der Waals surface area contributed by atoms with Crippen LogP contribution in [0.25, 0.3) is 0 Å². The third-order valence-corrected chi connectivity index (χ3v) is 4.13. The molecule has 146 valence electrons. The second-order valence-corrected chi connectivity index (χ2v) is 6.20. The minimum Gasteiger partial charge on any atom is -0.488 e. The third-order valence-electron chi connectivity index (χ3n) is 4.13. The summed E-state index contributed by atoms with van der Waals surface area (Å²) < 4.78 is 24.9. The highest BCUT2D eigenvalue weighted by Crippen LogP contribution is 2.19. The number of amides is 1. The molecule has 3 rings (SSSR count). The van der Waals surface area contributed by atoms with E-state index >= 15 is 0 Å². The number of benzene rings is 3. The van der Waals surface area contributed by atoms with Gasteiger partial charge in [0.25, 0.3) is 5.91 Å². The minimum absolute atomic E-state index is 0.0630. The molecule has 3 aromatic carbocycles. The Morgan fingerprint density at radius 3 is 2.34 bits per heavy atom. The van der Waals surface area contributed by atoms with E-state index in [4.69, 9.17) is 14.7 Å². The minimum atomic E-state index is -0.479. The fourth-order valence-electron chi connectivity index (χ4n) is 2.65. The number of ether oxygens (including phenoxy) is 2. The molecule has 0 bridgehead atoms. The predicted octanol–water partition coefficient (Wildman–Crippen LogP) is 4.01. The molecule has 0 aliphatic carbocycles. The summed E-state index contributed by atoms with van der Waals surface area (Å²) in [5, 5.41) is 11.7. The summed E-state index contributed by atoms with van der Waals surface area (Å²) in [7, 11) is 0. The smallest absolute Gasteiger partial charge is 0.258 e. The van der Waals surface area contributed by atoms with Crippen LogP contribution in [-0.2, 0) is 4.79 Å². The summed E-state index contributed by atoms with van der Waals surface area (Å²) in [6.45, 7) is -0.136. The molecular formula is C23H19FN2O3. The van der Waals surface area contributed by atoms with E-state index in [0.29, 0.717) is 11.3 Å². The van der Waals surface area contributed by atoms with Gasteiger partial charge in [-0.05, 0) is 42.0 Å². The van der Waals surface area contributed by atoms with Crippen LogP contribution in [0.5, 0.6) is 11.5 Å². The normalized spacial score (nSPS) is 11.2. The number of rotatable bonds is 8. The average molecular weight is 390 g/mol. The molecule has 1 amide bonds. The first-order valence-corrected chi connectivity index (χ1v) is 9.00. The molecule has 1 atom stereocenters. The number of hydrogen-bond donors (Lipinski definition) is 1. The van der Waals surface area contributed by atoms with Crippen molar-refractivity contribution in [2.24, 2.45) is 0 Å². The van der Waals surface area contributed by atoms with Crippen LogP contribution < -0.4 is 14.8 Å². The van der Waals surface area contributed by atoms with Crippen LogP contribution in [0.3, 0.4) is 0 Å². The lowest BCUT2D eigenvalue weighted by Gasteiger charge is -2.20. The van der Waals surface area contributed by atoms with Crippen molar-refractivity contribution in [3.8, 4) is 17.6 Å². The van der Waals surface area contributed by atoms with Crippen LogP contribution in [-0.4, -0.2) is 19.1 Å². The lowest BCUT2D eigenvalue weighted by molar-refractivity contribution is -0.124. The van der Waals surface area contributed by atoms with Crippen molar-refractivity contribution in [2.45, 2.75) is 6.04 Å². The van der Waals surface area contributed by atoms with E-state index in [1.165, 1.54) is 12.1 Å². The average Bonchev–Trinajstić information content (AvgIpc) is 2.77. The summed E-state index contributed by atoms with van der Waals surface area (Å²) >= 11 is 0. The van der Waals surface area contributed by atoms with Gasteiger partial charge in [-0.15, -0.1) is 0 Å². The summed E-state index contributed by atoms with van der Waals surface area (Å²) in [4.78, 5) is 12.4. The Morgan fingerprint density at radius 1 is 0.966 bits per heavy atom. The van der Waals surface area contributed by atoms with Gasteiger partial charge >= 0.3 is 0 Å². The fourth-order valence-corrected chi connectivity index (χ4v) is 2.65. The molecule has 0 aromatic heterocycles. The first-order chi connectivity index (χ1) is 14.2. The number of carbonyl (C=O) groups excluding carboxylic acids is 1. The zero-order chi connectivity index (χ0) is 20.5. The highest BCUT2D eigenvalue weighted by Gasteiger charge is 2.17. The van der Waals surface area contributed by atoms with Crippen molar-refractivity contribution in [3.63, 3.8) is 0 Å². The molecule has 1 N–H and O–H groups in total. The Kier molecular flexibility index (Phi) is 6.80. The van der Waals surface area contributed by atoms with Crippen LogP contribution in [0.2, 0.25) is 0 Å². The van der Waals surface area contributed by atoms with Crippen molar-refractivity contribution in [1.29, 1.82) is 5.26 Å². The summed E-state index contributed by atoms with van der Waals surface area (Å²) in [5.74, 6) is -0.204. The largest absolute Gasteiger partial charge is 0.488 e. The summed E-state index contributed by atoms with van der Waals surface area (Å²) in [6.07, 6.45) is 0. The molecule has 0 radical (unpaired) electrons. The van der Waals surface area contributed by atoms with Crippen LogP contribution >= 0.6 is 0 Å². The molecule has 5 nitrogen and oxygen atoms in total. The second kappa shape index (κ2) is 9.90. The molecule has 0 aliphatic heterocycles. The van der Waals surface area contributed by atoms with Crippen LogP contribution in [0, 0.1) is 17.1 Å². The SMILES string of the molecule is N#Cc1ccc(OCC(=O)NC(COc2ccccc2F)c2ccccc2)cc1. The van der Waals surface area contributed by atoms with E-state index in [1.807, 2.05) is 36.4 Å². The molecule has 0 saturated carbocycles. The van der Waals surface area contributed by atoms with Crippen LogP contribution in [0.15, 0.2) is 78.9 Å². The van der Waals surface area contributed by atoms with Gasteiger partial charge in [0.1, 0.15) is 12.4 Å². The number of carbonyl (C=O) groups is 1. The van der Waals surface area contributed by atoms with E-state index in [0.717, 1.165) is 5.56 Å². The molecule has 29 heavy (non-hydrogen) atoms. The number of nitrogens with zero attached hydrogens (tertiary/aromatic N) is 1. The van der Waals surface area contributed by atoms with Gasteiger partial charge in [0.05, 0.1) is 17.7 Å². The van der Waals surface area contributed by atoms with Gasteiger partial charge in [0, 0.05) is 0 Å². The van der Waals surface area contributed by atoms with Gasteiger partial charge in [-0.25, -0.2) is 4.39 Å². The summed E-state index contributed by atoms with van der Waals surface area (Å²) in [6, 6.07) is 23.4. The second-order valence-electron chi connectivity index (χ2n) is 6.20. The number of para-hydroxylation sites is 1. The maximum Gasteiger partial charge on any atom is 0.258 e. The van der Waals surface area contributed by atoms with Gasteiger partial charge in [0.2, 0.25) is 0 Å². The molecule has 0 fully saturated rings. The molecule has 0 aliphatic rings. The Labute approximate surface area is 168 Å². The lowest BCUT2D eigenvalue weighted by atomic mass is 10.1. The highest BCUT2D eigenvalue weighted by molar-refractivity contribution is 5.78. The fraction of sp³-hybridized carbons (Fsp3) is 0.130. The molecule has 3 aromatic rings. The maximum atomic E-state index is 13.8. The monoisotopic (exact) mass is 390 g/mol. The molecule has 1 unspecified atom stereocenters. The Hall–Kier alpha value is -3.85. The van der Waals surface area contributed by atoms with Gasteiger partial charge < -0.3 is 14.8 Å². The lowest BCUT2D eigenvalue weighted by Crippen LogP contribution is -2.35. The van der Waals surface area contributed by atoms with Crippen molar-refractivity contribution in [1.82, 2.24) is 5.32 Å².